The number of halogens is 1. The molecule has 184 valence electrons. The fourth-order valence-corrected chi connectivity index (χ4v) is 4.68. The first kappa shape index (κ1) is 25.0. The quantitative estimate of drug-likeness (QED) is 0.279. The number of urea groups is 1. The first-order valence-electron chi connectivity index (χ1n) is 10.6. The largest absolute Gasteiger partial charge is 0.490 e. The van der Waals surface area contributed by atoms with Gasteiger partial charge in [0.25, 0.3) is 11.8 Å². The Morgan fingerprint density at radius 1 is 0.972 bits per heavy atom. The second kappa shape index (κ2) is 10.2. The Morgan fingerprint density at radius 3 is 2.25 bits per heavy atom. The number of rotatable bonds is 7. The Balaban J connectivity index is 1.73. The Kier molecular flexibility index (Phi) is 7.09. The van der Waals surface area contributed by atoms with Gasteiger partial charge in [-0.2, -0.15) is 8.42 Å². The molecule has 1 N–H and O–H groups in total. The van der Waals surface area contributed by atoms with E-state index in [0.29, 0.717) is 0 Å². The fraction of sp³-hybridized carbons (Fsp3) is 0.0800. The summed E-state index contributed by atoms with van der Waals surface area (Å²) in [5.74, 6) is -1.99. The number of amides is 4. The molecule has 0 aliphatic carbocycles. The number of para-hydroxylation sites is 1. The van der Waals surface area contributed by atoms with E-state index >= 15 is 0 Å². The van der Waals surface area contributed by atoms with Gasteiger partial charge in [-0.25, -0.2) is 9.69 Å². The molecule has 0 atom stereocenters. The summed E-state index contributed by atoms with van der Waals surface area (Å²) < 4.78 is 36.2. The van der Waals surface area contributed by atoms with E-state index in [1.165, 1.54) is 30.3 Å². The molecule has 0 bridgehead atoms. The minimum atomic E-state index is -4.22. The molecule has 0 unspecified atom stereocenters. The summed E-state index contributed by atoms with van der Waals surface area (Å²) in [7, 11) is -4.22. The minimum absolute atomic E-state index is 0.0176. The first-order valence-corrected chi connectivity index (χ1v) is 12.4. The number of anilines is 1. The summed E-state index contributed by atoms with van der Waals surface area (Å²) in [5, 5.41) is 2.00. The molecule has 4 amide bonds. The second-order valence-corrected chi connectivity index (χ2v) is 9.36. The van der Waals surface area contributed by atoms with Gasteiger partial charge in [0.2, 0.25) is 5.75 Å². The average molecular weight is 527 g/mol. The van der Waals surface area contributed by atoms with Crippen molar-refractivity contribution in [3.05, 3.63) is 89.0 Å². The van der Waals surface area contributed by atoms with Gasteiger partial charge in [0, 0.05) is 0 Å². The van der Waals surface area contributed by atoms with Crippen LogP contribution in [0.4, 0.5) is 10.5 Å². The van der Waals surface area contributed by atoms with Crippen molar-refractivity contribution in [3.63, 3.8) is 0 Å². The van der Waals surface area contributed by atoms with Crippen LogP contribution in [0.3, 0.4) is 0 Å². The number of hydrogen-bond donors (Lipinski definition) is 1. The maximum Gasteiger partial charge on any atom is 0.339 e. The smallest absolute Gasteiger partial charge is 0.339 e. The summed E-state index contributed by atoms with van der Waals surface area (Å²) in [5.41, 5.74) is 0.192. The molecule has 4 rings (SSSR count). The summed E-state index contributed by atoms with van der Waals surface area (Å²) in [6, 6.07) is 17.4. The van der Waals surface area contributed by atoms with Gasteiger partial charge in [-0.15, -0.1) is 0 Å². The molecule has 3 aromatic rings. The van der Waals surface area contributed by atoms with Crippen molar-refractivity contribution >= 4 is 51.3 Å². The molecule has 0 saturated carbocycles. The van der Waals surface area contributed by atoms with E-state index < -0.39 is 28.0 Å². The van der Waals surface area contributed by atoms with Crippen LogP contribution >= 0.6 is 11.6 Å². The number of nitrogens with zero attached hydrogens (tertiary/aromatic N) is 1. The van der Waals surface area contributed by atoms with E-state index in [1.807, 2.05) is 0 Å². The highest BCUT2D eigenvalue weighted by molar-refractivity contribution is 7.87. The maximum absolute atomic E-state index is 13.1. The lowest BCUT2D eigenvalue weighted by Gasteiger charge is -2.26. The lowest BCUT2D eigenvalue weighted by atomic mass is 10.1. The number of ether oxygens (including phenoxy) is 1. The van der Waals surface area contributed by atoms with E-state index in [1.54, 1.807) is 55.5 Å². The lowest BCUT2D eigenvalue weighted by Crippen LogP contribution is -2.54. The van der Waals surface area contributed by atoms with Gasteiger partial charge >= 0.3 is 16.1 Å². The van der Waals surface area contributed by atoms with Gasteiger partial charge < -0.3 is 8.92 Å². The number of benzene rings is 3. The summed E-state index contributed by atoms with van der Waals surface area (Å²) in [6.45, 7) is 1.82. The normalized spacial score (nSPS) is 15.1. The molecule has 0 radical (unpaired) electrons. The van der Waals surface area contributed by atoms with Crippen molar-refractivity contribution in [2.75, 3.05) is 11.5 Å². The van der Waals surface area contributed by atoms with Gasteiger partial charge in [-0.1, -0.05) is 48.0 Å². The topological polar surface area (TPSA) is 119 Å². The van der Waals surface area contributed by atoms with Gasteiger partial charge in [-0.3, -0.25) is 14.9 Å². The molecular weight excluding hydrogens is 508 g/mol. The number of carbonyl (C=O) groups excluding carboxylic acids is 3. The van der Waals surface area contributed by atoms with Gasteiger partial charge in [0.05, 0.1) is 17.3 Å². The van der Waals surface area contributed by atoms with Crippen LogP contribution in [0, 0.1) is 0 Å². The summed E-state index contributed by atoms with van der Waals surface area (Å²) >= 11 is 6.35. The van der Waals surface area contributed by atoms with Gasteiger partial charge in [0.1, 0.15) is 10.5 Å². The zero-order chi connectivity index (χ0) is 25.9. The van der Waals surface area contributed by atoms with Crippen molar-refractivity contribution in [1.82, 2.24) is 5.32 Å². The van der Waals surface area contributed by atoms with E-state index in [9.17, 15) is 22.8 Å². The number of nitrogens with one attached hydrogen (secondary N) is 1. The Hall–Kier alpha value is -4.15. The molecule has 0 aromatic heterocycles. The maximum atomic E-state index is 13.1. The molecule has 1 aliphatic heterocycles. The van der Waals surface area contributed by atoms with Crippen molar-refractivity contribution in [1.29, 1.82) is 0 Å². The molecular formula is C25H19ClN2O7S. The third-order valence-corrected chi connectivity index (χ3v) is 6.50. The van der Waals surface area contributed by atoms with Crippen molar-refractivity contribution in [2.24, 2.45) is 0 Å². The third kappa shape index (κ3) is 5.09. The Morgan fingerprint density at radius 2 is 1.61 bits per heavy atom. The van der Waals surface area contributed by atoms with E-state index in [4.69, 9.17) is 20.5 Å². The van der Waals surface area contributed by atoms with E-state index in [2.05, 4.69) is 5.32 Å². The van der Waals surface area contributed by atoms with E-state index in [0.717, 1.165) is 4.90 Å². The van der Waals surface area contributed by atoms with Crippen molar-refractivity contribution in [3.8, 4) is 11.5 Å². The number of barbiturate groups is 1. The standard InChI is InChI=1S/C25H19ClN2O7S/c1-2-34-21-15-16(14-20(26)22(21)35-36(32,33)18-11-7-4-8-12-18)13-19-23(29)27-25(31)28(24(19)30)17-9-5-3-6-10-17/h3-15H,2H2,1H3,(H,27,29,31)/b19-13+. The SMILES string of the molecule is CCOc1cc(/C=C2\C(=O)NC(=O)N(c3ccccc3)C2=O)cc(Cl)c1OS(=O)(=O)c1ccccc1. The zero-order valence-corrected chi connectivity index (χ0v) is 20.4. The van der Waals surface area contributed by atoms with Gasteiger partial charge in [0.15, 0.2) is 5.75 Å². The monoisotopic (exact) mass is 526 g/mol. The number of hydrogen-bond acceptors (Lipinski definition) is 7. The fourth-order valence-electron chi connectivity index (χ4n) is 3.40. The minimum Gasteiger partial charge on any atom is -0.490 e. The Labute approximate surface area is 212 Å². The van der Waals surface area contributed by atoms with Gasteiger partial charge in [-0.05, 0) is 55.0 Å². The predicted molar refractivity (Wildman–Crippen MR) is 132 cm³/mol. The molecule has 11 heteroatoms. The van der Waals surface area contributed by atoms with Crippen LogP contribution in [0.15, 0.2) is 83.3 Å². The molecule has 9 nitrogen and oxygen atoms in total. The Bertz CT molecular complexity index is 1470. The van der Waals surface area contributed by atoms with Crippen LogP contribution in [0.25, 0.3) is 6.08 Å². The van der Waals surface area contributed by atoms with Crippen LogP contribution < -0.4 is 19.1 Å². The second-order valence-electron chi connectivity index (χ2n) is 7.41. The predicted octanol–water partition coefficient (Wildman–Crippen LogP) is 4.17. The molecule has 0 spiro atoms. The molecule has 1 heterocycles. The highest BCUT2D eigenvalue weighted by Gasteiger charge is 2.36. The molecule has 3 aromatic carbocycles. The summed E-state index contributed by atoms with van der Waals surface area (Å²) in [4.78, 5) is 38.6. The van der Waals surface area contributed by atoms with E-state index in [-0.39, 0.29) is 44.8 Å². The van der Waals surface area contributed by atoms with Crippen LogP contribution in [0.2, 0.25) is 5.02 Å². The van der Waals surface area contributed by atoms with Crippen LogP contribution in [0.5, 0.6) is 11.5 Å². The van der Waals surface area contributed by atoms with Crippen molar-refractivity contribution in [2.45, 2.75) is 11.8 Å². The lowest BCUT2D eigenvalue weighted by molar-refractivity contribution is -0.122. The van der Waals surface area contributed by atoms with Crippen LogP contribution in [0.1, 0.15) is 12.5 Å². The third-order valence-electron chi connectivity index (χ3n) is 4.98. The molecule has 1 aliphatic rings. The number of carbonyl (C=O) groups is 3. The van der Waals surface area contributed by atoms with Crippen LogP contribution in [-0.2, 0) is 19.7 Å². The van der Waals surface area contributed by atoms with Crippen LogP contribution in [-0.4, -0.2) is 32.9 Å². The zero-order valence-electron chi connectivity index (χ0n) is 18.8. The molecule has 1 fully saturated rings. The molecule has 1 saturated heterocycles. The highest BCUT2D eigenvalue weighted by Crippen LogP contribution is 2.39. The average Bonchev–Trinajstić information content (AvgIpc) is 2.85. The first-order chi connectivity index (χ1) is 17.2. The molecule has 36 heavy (non-hydrogen) atoms. The summed E-state index contributed by atoms with van der Waals surface area (Å²) in [6.07, 6.45) is 1.23. The van der Waals surface area contributed by atoms with Crippen molar-refractivity contribution < 1.29 is 31.7 Å². The highest BCUT2D eigenvalue weighted by atomic mass is 35.5. The number of imide groups is 2.